The average Bonchev–Trinajstić information content (AvgIpc) is 3.57. The van der Waals surface area contributed by atoms with E-state index in [-0.39, 0.29) is 10.8 Å². The van der Waals surface area contributed by atoms with Gasteiger partial charge in [0.1, 0.15) is 5.82 Å². The fourth-order valence-electron chi connectivity index (χ4n) is 4.40. The number of piperazine rings is 1. The average molecular weight is 482 g/mol. The summed E-state index contributed by atoms with van der Waals surface area (Å²) in [5, 5.41) is 8.67. The highest BCUT2D eigenvalue weighted by atomic mass is 32.2. The summed E-state index contributed by atoms with van der Waals surface area (Å²) < 4.78 is 28.8. The standard InChI is InChI=1S/C23H27N7O3S/c1-18-24-10-13-30(18)22-9-8-21(25-26-22)27-14-16-28(17-15-27)23(31)19-4-6-20(7-5-19)34(32,33)29-11-2-3-12-29/h4-10,13H,2-3,11-12,14-17H2,1H3. The summed E-state index contributed by atoms with van der Waals surface area (Å²) in [4.78, 5) is 21.3. The SMILES string of the molecule is Cc1nccn1-c1ccc(N2CCN(C(=O)c3ccc(S(=O)(=O)N4CCCC4)cc3)CC2)nn1. The lowest BCUT2D eigenvalue weighted by molar-refractivity contribution is 0.0746. The van der Waals surface area contributed by atoms with E-state index in [1.54, 1.807) is 23.2 Å². The molecule has 2 saturated heterocycles. The number of aromatic nitrogens is 4. The minimum atomic E-state index is -3.48. The quantitative estimate of drug-likeness (QED) is 0.546. The van der Waals surface area contributed by atoms with Crippen LogP contribution in [0.2, 0.25) is 0 Å². The van der Waals surface area contributed by atoms with Gasteiger partial charge in [-0.3, -0.25) is 9.36 Å². The molecule has 0 radical (unpaired) electrons. The van der Waals surface area contributed by atoms with Gasteiger partial charge in [-0.1, -0.05) is 0 Å². The zero-order valence-corrected chi connectivity index (χ0v) is 19.9. The van der Waals surface area contributed by atoms with E-state index >= 15 is 0 Å². The molecule has 0 bridgehead atoms. The molecule has 2 aliphatic rings. The number of imidazole rings is 1. The lowest BCUT2D eigenvalue weighted by Gasteiger charge is -2.35. The number of amides is 1. The van der Waals surface area contributed by atoms with E-state index in [0.29, 0.717) is 50.6 Å². The number of carbonyl (C=O) groups excluding carboxylic acids is 1. The van der Waals surface area contributed by atoms with Gasteiger partial charge in [0, 0.05) is 57.2 Å². The van der Waals surface area contributed by atoms with Crippen LogP contribution >= 0.6 is 0 Å². The second-order valence-corrected chi connectivity index (χ2v) is 10.4. The van der Waals surface area contributed by atoms with Crippen LogP contribution in [0.15, 0.2) is 53.7 Å². The Morgan fingerprint density at radius 3 is 2.09 bits per heavy atom. The van der Waals surface area contributed by atoms with Crippen molar-refractivity contribution >= 4 is 21.7 Å². The van der Waals surface area contributed by atoms with E-state index in [2.05, 4.69) is 20.1 Å². The molecule has 0 atom stereocenters. The Morgan fingerprint density at radius 2 is 1.50 bits per heavy atom. The first-order valence-corrected chi connectivity index (χ1v) is 12.9. The molecule has 2 fully saturated rings. The second kappa shape index (κ2) is 9.15. The van der Waals surface area contributed by atoms with Gasteiger partial charge >= 0.3 is 0 Å². The van der Waals surface area contributed by atoms with Crippen LogP contribution < -0.4 is 4.90 Å². The molecule has 178 valence electrons. The number of nitrogens with zero attached hydrogens (tertiary/aromatic N) is 7. The molecule has 0 saturated carbocycles. The first kappa shape index (κ1) is 22.5. The van der Waals surface area contributed by atoms with E-state index in [1.807, 2.05) is 29.8 Å². The van der Waals surface area contributed by atoms with Gasteiger partial charge in [0.2, 0.25) is 10.0 Å². The van der Waals surface area contributed by atoms with Crippen LogP contribution in [0.25, 0.3) is 5.82 Å². The number of rotatable bonds is 5. The van der Waals surface area contributed by atoms with Crippen LogP contribution in [0.3, 0.4) is 0 Å². The maximum absolute atomic E-state index is 13.0. The van der Waals surface area contributed by atoms with Crippen LogP contribution in [0.1, 0.15) is 29.0 Å². The van der Waals surface area contributed by atoms with Crippen molar-refractivity contribution < 1.29 is 13.2 Å². The molecule has 0 aliphatic carbocycles. The predicted octanol–water partition coefficient (Wildman–Crippen LogP) is 1.72. The molecule has 1 amide bonds. The van der Waals surface area contributed by atoms with Crippen molar-refractivity contribution in [3.05, 3.63) is 60.2 Å². The monoisotopic (exact) mass is 481 g/mol. The van der Waals surface area contributed by atoms with Gasteiger partial charge in [-0.25, -0.2) is 13.4 Å². The largest absolute Gasteiger partial charge is 0.352 e. The van der Waals surface area contributed by atoms with Crippen LogP contribution in [-0.4, -0.2) is 82.5 Å². The maximum atomic E-state index is 13.0. The van der Waals surface area contributed by atoms with Crippen molar-refractivity contribution in [2.75, 3.05) is 44.2 Å². The highest BCUT2D eigenvalue weighted by molar-refractivity contribution is 7.89. The molecular formula is C23H27N7O3S. The molecule has 0 unspecified atom stereocenters. The summed E-state index contributed by atoms with van der Waals surface area (Å²) in [7, 11) is -3.48. The molecule has 3 aromatic rings. The molecule has 11 heteroatoms. The molecule has 0 spiro atoms. The van der Waals surface area contributed by atoms with Crippen molar-refractivity contribution in [2.24, 2.45) is 0 Å². The Balaban J connectivity index is 1.20. The molecular weight excluding hydrogens is 454 g/mol. The van der Waals surface area contributed by atoms with Gasteiger partial charge in [0.25, 0.3) is 5.91 Å². The molecule has 2 aromatic heterocycles. The van der Waals surface area contributed by atoms with Crippen molar-refractivity contribution in [1.29, 1.82) is 0 Å². The number of hydrogen-bond donors (Lipinski definition) is 0. The Hall–Kier alpha value is -3.31. The highest BCUT2D eigenvalue weighted by Crippen LogP contribution is 2.22. The Bertz CT molecular complexity index is 1260. The zero-order chi connectivity index (χ0) is 23.7. The summed E-state index contributed by atoms with van der Waals surface area (Å²) in [6.45, 7) is 5.42. The van der Waals surface area contributed by atoms with Crippen LogP contribution in [-0.2, 0) is 10.0 Å². The highest BCUT2D eigenvalue weighted by Gasteiger charge is 2.28. The first-order valence-electron chi connectivity index (χ1n) is 11.4. The third kappa shape index (κ3) is 4.28. The van der Waals surface area contributed by atoms with E-state index in [4.69, 9.17) is 0 Å². The fraction of sp³-hybridized carbons (Fsp3) is 0.391. The van der Waals surface area contributed by atoms with E-state index in [1.165, 1.54) is 16.4 Å². The van der Waals surface area contributed by atoms with Gasteiger partial charge in [-0.2, -0.15) is 4.31 Å². The number of aryl methyl sites for hydroxylation is 1. The smallest absolute Gasteiger partial charge is 0.253 e. The number of benzene rings is 1. The second-order valence-electron chi connectivity index (χ2n) is 8.51. The van der Waals surface area contributed by atoms with E-state index in [0.717, 1.165) is 24.5 Å². The molecule has 34 heavy (non-hydrogen) atoms. The Morgan fingerprint density at radius 1 is 0.853 bits per heavy atom. The maximum Gasteiger partial charge on any atom is 0.253 e. The van der Waals surface area contributed by atoms with Crippen molar-refractivity contribution in [2.45, 2.75) is 24.7 Å². The lowest BCUT2D eigenvalue weighted by atomic mass is 10.2. The predicted molar refractivity (Wildman–Crippen MR) is 126 cm³/mol. The van der Waals surface area contributed by atoms with E-state index < -0.39 is 10.0 Å². The molecule has 2 aliphatic heterocycles. The molecule has 5 rings (SSSR count). The van der Waals surface area contributed by atoms with Gasteiger partial charge in [0.15, 0.2) is 11.6 Å². The summed E-state index contributed by atoms with van der Waals surface area (Å²) in [6, 6.07) is 10.1. The van der Waals surface area contributed by atoms with Gasteiger partial charge in [-0.15, -0.1) is 10.2 Å². The summed E-state index contributed by atoms with van der Waals surface area (Å²) in [5.41, 5.74) is 0.494. The third-order valence-electron chi connectivity index (χ3n) is 6.40. The van der Waals surface area contributed by atoms with E-state index in [9.17, 15) is 13.2 Å². The summed E-state index contributed by atoms with van der Waals surface area (Å²) in [5.74, 6) is 2.23. The van der Waals surface area contributed by atoms with Crippen LogP contribution in [0.4, 0.5) is 5.82 Å². The summed E-state index contributed by atoms with van der Waals surface area (Å²) in [6.07, 6.45) is 5.35. The minimum absolute atomic E-state index is 0.0956. The van der Waals surface area contributed by atoms with Gasteiger partial charge in [0.05, 0.1) is 4.90 Å². The molecule has 1 aromatic carbocycles. The number of carbonyl (C=O) groups is 1. The number of anilines is 1. The first-order chi connectivity index (χ1) is 16.4. The number of sulfonamides is 1. The van der Waals surface area contributed by atoms with Crippen molar-refractivity contribution in [3.63, 3.8) is 0 Å². The Labute approximate surface area is 198 Å². The molecule has 4 heterocycles. The topological polar surface area (TPSA) is 105 Å². The zero-order valence-electron chi connectivity index (χ0n) is 19.0. The third-order valence-corrected chi connectivity index (χ3v) is 8.32. The number of hydrogen-bond acceptors (Lipinski definition) is 7. The van der Waals surface area contributed by atoms with Crippen molar-refractivity contribution in [1.82, 2.24) is 29.0 Å². The van der Waals surface area contributed by atoms with Crippen molar-refractivity contribution in [3.8, 4) is 5.82 Å². The fourth-order valence-corrected chi connectivity index (χ4v) is 5.92. The summed E-state index contributed by atoms with van der Waals surface area (Å²) >= 11 is 0. The van der Waals surface area contributed by atoms with Gasteiger partial charge in [-0.05, 0) is 56.2 Å². The van der Waals surface area contributed by atoms with Crippen LogP contribution in [0, 0.1) is 6.92 Å². The minimum Gasteiger partial charge on any atom is -0.352 e. The van der Waals surface area contributed by atoms with Gasteiger partial charge < -0.3 is 9.80 Å². The molecule has 0 N–H and O–H groups in total. The molecule has 10 nitrogen and oxygen atoms in total. The normalized spacial score (nSPS) is 17.3. The Kier molecular flexibility index (Phi) is 6.05. The van der Waals surface area contributed by atoms with Crippen LogP contribution in [0.5, 0.6) is 0 Å². The lowest BCUT2D eigenvalue weighted by Crippen LogP contribution is -2.49.